The third-order valence-electron chi connectivity index (χ3n) is 3.10. The van der Waals surface area contributed by atoms with Crippen molar-refractivity contribution in [1.82, 2.24) is 4.90 Å². The van der Waals surface area contributed by atoms with Crippen LogP contribution in [-0.4, -0.2) is 41.6 Å². The minimum absolute atomic E-state index is 0.0386. The summed E-state index contributed by atoms with van der Waals surface area (Å²) in [5.41, 5.74) is 5.66. The van der Waals surface area contributed by atoms with E-state index in [0.29, 0.717) is 19.0 Å². The van der Waals surface area contributed by atoms with Crippen LogP contribution in [0.1, 0.15) is 34.6 Å². The molecule has 2 N–H and O–H groups in total. The first kappa shape index (κ1) is 13.5. The summed E-state index contributed by atoms with van der Waals surface area (Å²) in [6, 6.07) is 0. The second kappa shape index (κ2) is 4.34. The van der Waals surface area contributed by atoms with Gasteiger partial charge in [-0.1, -0.05) is 13.8 Å². The van der Waals surface area contributed by atoms with Crippen LogP contribution in [0.2, 0.25) is 0 Å². The maximum atomic E-state index is 11.7. The van der Waals surface area contributed by atoms with E-state index < -0.39 is 0 Å². The molecule has 1 fully saturated rings. The van der Waals surface area contributed by atoms with E-state index in [-0.39, 0.29) is 23.7 Å². The second-order valence-electron chi connectivity index (χ2n) is 6.04. The number of rotatable bonds is 3. The normalized spacial score (nSPS) is 19.8. The van der Waals surface area contributed by atoms with Crippen molar-refractivity contribution in [3.8, 4) is 0 Å². The average Bonchev–Trinajstić information content (AvgIpc) is 2.07. The summed E-state index contributed by atoms with van der Waals surface area (Å²) in [5, 5.41) is 0. The average molecular weight is 228 g/mol. The third kappa shape index (κ3) is 3.19. The summed E-state index contributed by atoms with van der Waals surface area (Å²) in [5.74, 6) is 0.441. The molecule has 4 nitrogen and oxygen atoms in total. The van der Waals surface area contributed by atoms with Crippen molar-refractivity contribution in [3.63, 3.8) is 0 Å². The standard InChI is InChI=1S/C12H24N2O2/c1-9(2)12(13)7-14(8-12)10(15)6-16-11(3,4)5/h9H,6-8,13H2,1-5H3. The van der Waals surface area contributed by atoms with Crippen molar-refractivity contribution in [3.05, 3.63) is 0 Å². The van der Waals surface area contributed by atoms with Gasteiger partial charge in [0.1, 0.15) is 6.61 Å². The lowest BCUT2D eigenvalue weighted by Crippen LogP contribution is -2.71. The zero-order valence-electron chi connectivity index (χ0n) is 11.0. The van der Waals surface area contributed by atoms with Gasteiger partial charge in [-0.3, -0.25) is 4.79 Å². The first-order valence-corrected chi connectivity index (χ1v) is 5.85. The lowest BCUT2D eigenvalue weighted by Gasteiger charge is -2.50. The van der Waals surface area contributed by atoms with Gasteiger partial charge >= 0.3 is 0 Å². The van der Waals surface area contributed by atoms with Gasteiger partial charge in [0.25, 0.3) is 0 Å². The SMILES string of the molecule is CC(C)C1(N)CN(C(=O)COC(C)(C)C)C1. The summed E-state index contributed by atoms with van der Waals surface area (Å²) in [6.45, 7) is 11.5. The van der Waals surface area contributed by atoms with Gasteiger partial charge in [0.15, 0.2) is 0 Å². The molecular formula is C12H24N2O2. The maximum Gasteiger partial charge on any atom is 0.248 e. The summed E-state index contributed by atoms with van der Waals surface area (Å²) >= 11 is 0. The topological polar surface area (TPSA) is 55.6 Å². The highest BCUT2D eigenvalue weighted by Gasteiger charge is 2.44. The molecule has 0 bridgehead atoms. The van der Waals surface area contributed by atoms with E-state index in [1.807, 2.05) is 20.8 Å². The predicted octanol–water partition coefficient (Wildman–Crippen LogP) is 0.997. The Kier molecular flexibility index (Phi) is 3.65. The number of amides is 1. The van der Waals surface area contributed by atoms with E-state index in [9.17, 15) is 4.79 Å². The van der Waals surface area contributed by atoms with Gasteiger partial charge in [-0.2, -0.15) is 0 Å². The van der Waals surface area contributed by atoms with Crippen LogP contribution in [0, 0.1) is 5.92 Å². The zero-order valence-corrected chi connectivity index (χ0v) is 11.0. The number of carbonyl (C=O) groups is 1. The van der Waals surface area contributed by atoms with Crippen LogP contribution in [0.3, 0.4) is 0 Å². The number of hydrogen-bond donors (Lipinski definition) is 1. The van der Waals surface area contributed by atoms with Crippen LogP contribution in [0.15, 0.2) is 0 Å². The Bertz CT molecular complexity index is 263. The Labute approximate surface area is 98.1 Å². The van der Waals surface area contributed by atoms with E-state index >= 15 is 0 Å². The molecule has 1 aliphatic rings. The molecule has 0 unspecified atom stereocenters. The second-order valence-corrected chi connectivity index (χ2v) is 6.04. The van der Waals surface area contributed by atoms with Crippen LogP contribution in [0.25, 0.3) is 0 Å². The number of likely N-dealkylation sites (tertiary alicyclic amines) is 1. The fraction of sp³-hybridized carbons (Fsp3) is 0.917. The Morgan fingerprint density at radius 1 is 1.44 bits per heavy atom. The summed E-state index contributed by atoms with van der Waals surface area (Å²) in [4.78, 5) is 13.5. The number of nitrogens with zero attached hydrogens (tertiary/aromatic N) is 1. The van der Waals surface area contributed by atoms with Crippen molar-refractivity contribution < 1.29 is 9.53 Å². The highest BCUT2D eigenvalue weighted by Crippen LogP contribution is 2.26. The van der Waals surface area contributed by atoms with E-state index in [4.69, 9.17) is 10.5 Å². The van der Waals surface area contributed by atoms with Gasteiger partial charge in [0, 0.05) is 13.1 Å². The molecule has 0 spiro atoms. The molecule has 1 amide bonds. The molecule has 4 heteroatoms. The van der Waals surface area contributed by atoms with Crippen molar-refractivity contribution in [2.24, 2.45) is 11.7 Å². The van der Waals surface area contributed by atoms with Gasteiger partial charge in [-0.05, 0) is 26.7 Å². The quantitative estimate of drug-likeness (QED) is 0.784. The molecule has 1 saturated heterocycles. The molecular weight excluding hydrogens is 204 g/mol. The van der Waals surface area contributed by atoms with Gasteiger partial charge < -0.3 is 15.4 Å². The molecule has 0 radical (unpaired) electrons. The monoisotopic (exact) mass is 228 g/mol. The van der Waals surface area contributed by atoms with Crippen molar-refractivity contribution in [2.45, 2.75) is 45.8 Å². The fourth-order valence-corrected chi connectivity index (χ4v) is 1.58. The Hall–Kier alpha value is -0.610. The van der Waals surface area contributed by atoms with Crippen LogP contribution in [0.4, 0.5) is 0 Å². The number of hydrogen-bond acceptors (Lipinski definition) is 3. The fourth-order valence-electron chi connectivity index (χ4n) is 1.58. The van der Waals surface area contributed by atoms with E-state index in [1.54, 1.807) is 4.90 Å². The van der Waals surface area contributed by atoms with Gasteiger partial charge in [-0.15, -0.1) is 0 Å². The largest absolute Gasteiger partial charge is 0.366 e. The highest BCUT2D eigenvalue weighted by molar-refractivity contribution is 5.78. The molecule has 1 heterocycles. The molecule has 94 valence electrons. The molecule has 0 atom stereocenters. The van der Waals surface area contributed by atoms with Gasteiger partial charge in [0.2, 0.25) is 5.91 Å². The molecule has 0 saturated carbocycles. The van der Waals surface area contributed by atoms with Gasteiger partial charge in [0.05, 0.1) is 11.1 Å². The molecule has 16 heavy (non-hydrogen) atoms. The minimum atomic E-state index is -0.265. The van der Waals surface area contributed by atoms with Gasteiger partial charge in [-0.25, -0.2) is 0 Å². The lowest BCUT2D eigenvalue weighted by molar-refractivity contribution is -0.149. The lowest BCUT2D eigenvalue weighted by atomic mass is 9.80. The summed E-state index contributed by atoms with van der Waals surface area (Å²) in [6.07, 6.45) is 0. The number of ether oxygens (including phenoxy) is 1. The van der Waals surface area contributed by atoms with Crippen molar-refractivity contribution in [2.75, 3.05) is 19.7 Å². The molecule has 0 aliphatic carbocycles. The Balaban J connectivity index is 2.33. The molecule has 0 aromatic carbocycles. The minimum Gasteiger partial charge on any atom is -0.366 e. The Morgan fingerprint density at radius 3 is 2.31 bits per heavy atom. The predicted molar refractivity (Wildman–Crippen MR) is 64.0 cm³/mol. The third-order valence-corrected chi connectivity index (χ3v) is 3.10. The molecule has 0 aromatic rings. The summed E-state index contributed by atoms with van der Waals surface area (Å²) < 4.78 is 5.44. The van der Waals surface area contributed by atoms with Crippen molar-refractivity contribution in [1.29, 1.82) is 0 Å². The Morgan fingerprint density at radius 2 is 1.94 bits per heavy atom. The molecule has 0 aromatic heterocycles. The molecule has 1 aliphatic heterocycles. The molecule has 1 rings (SSSR count). The van der Waals surface area contributed by atoms with Crippen LogP contribution in [-0.2, 0) is 9.53 Å². The van der Waals surface area contributed by atoms with E-state index in [0.717, 1.165) is 0 Å². The van der Waals surface area contributed by atoms with E-state index in [1.165, 1.54) is 0 Å². The maximum absolute atomic E-state index is 11.7. The van der Waals surface area contributed by atoms with Crippen LogP contribution >= 0.6 is 0 Å². The first-order valence-electron chi connectivity index (χ1n) is 5.85. The van der Waals surface area contributed by atoms with Crippen LogP contribution < -0.4 is 5.73 Å². The van der Waals surface area contributed by atoms with E-state index in [2.05, 4.69) is 13.8 Å². The van der Waals surface area contributed by atoms with Crippen molar-refractivity contribution >= 4 is 5.91 Å². The first-order chi connectivity index (χ1) is 7.14. The number of nitrogens with two attached hydrogens (primary N) is 1. The van der Waals surface area contributed by atoms with Crippen LogP contribution in [0.5, 0.6) is 0 Å². The highest BCUT2D eigenvalue weighted by atomic mass is 16.5. The zero-order chi connectivity index (χ0) is 12.6. The smallest absolute Gasteiger partial charge is 0.248 e. The summed E-state index contributed by atoms with van der Waals surface area (Å²) in [7, 11) is 0. The number of carbonyl (C=O) groups excluding carboxylic acids is 1.